The van der Waals surface area contributed by atoms with E-state index in [9.17, 15) is 19.6 Å². The Labute approximate surface area is 190 Å². The van der Waals surface area contributed by atoms with E-state index in [1.54, 1.807) is 48.5 Å². The van der Waals surface area contributed by atoms with Crippen molar-refractivity contribution in [2.24, 2.45) is 0 Å². The van der Waals surface area contributed by atoms with Crippen molar-refractivity contribution in [2.45, 2.75) is 12.3 Å². The number of para-hydroxylation sites is 1. The van der Waals surface area contributed by atoms with Crippen molar-refractivity contribution >= 4 is 46.3 Å². The number of hydrogen-bond acceptors (Lipinski definition) is 6. The number of phenolic OH excluding ortho intramolecular Hbond substituents is 1. The summed E-state index contributed by atoms with van der Waals surface area (Å²) >= 11 is 6.58. The predicted molar refractivity (Wildman–Crippen MR) is 120 cm³/mol. The number of carbonyl (C=O) groups is 1. The molecule has 2 unspecified atom stereocenters. The molecule has 0 aliphatic heterocycles. The van der Waals surface area contributed by atoms with Crippen molar-refractivity contribution < 1.29 is 29.3 Å². The largest absolute Gasteiger partial charge is 0.507 e. The van der Waals surface area contributed by atoms with Crippen LogP contribution in [0, 0.1) is 0 Å². The second-order valence-corrected chi connectivity index (χ2v) is 9.38. The summed E-state index contributed by atoms with van der Waals surface area (Å²) in [5.74, 6) is -0.459. The number of carbonyl (C=O) groups excluding carboxylic acids is 1. The minimum atomic E-state index is -1.52. The average molecular weight is 555 g/mol. The third kappa shape index (κ3) is 4.90. The van der Waals surface area contributed by atoms with Crippen LogP contribution in [0.2, 0.25) is 0 Å². The Morgan fingerprint density at radius 3 is 2.33 bits per heavy atom. The highest BCUT2D eigenvalue weighted by Gasteiger charge is 2.33. The normalized spacial score (nSPS) is 12.9. The standard InChI is InChI=1S/C21H15Br2O6P/c1-21(26,30-27)14-10-16(22)19(17(23)11-14)28-29-20(25)13-6-4-5-12(9-13)15-7-2-3-8-18(15)24/h2-11,24,26H,1H3/p+1. The van der Waals surface area contributed by atoms with E-state index in [-0.39, 0.29) is 17.1 Å². The zero-order valence-electron chi connectivity index (χ0n) is 15.6. The Hall–Kier alpha value is -2.25. The van der Waals surface area contributed by atoms with E-state index in [1.165, 1.54) is 19.1 Å². The van der Waals surface area contributed by atoms with Gasteiger partial charge in [0.05, 0.1) is 14.5 Å². The van der Waals surface area contributed by atoms with Gasteiger partial charge in [0.2, 0.25) is 5.75 Å². The van der Waals surface area contributed by atoms with E-state index in [4.69, 9.17) is 9.78 Å². The van der Waals surface area contributed by atoms with Crippen molar-refractivity contribution in [3.8, 4) is 22.6 Å². The summed E-state index contributed by atoms with van der Waals surface area (Å²) in [5, 5.41) is 18.6. The highest BCUT2D eigenvalue weighted by Crippen LogP contribution is 2.41. The van der Waals surface area contributed by atoms with Crippen molar-refractivity contribution in [3.05, 3.63) is 80.7 Å². The van der Waals surface area contributed by atoms with Crippen LogP contribution < -0.4 is 4.89 Å². The molecule has 6 nitrogen and oxygen atoms in total. The predicted octanol–water partition coefficient (Wildman–Crippen LogP) is 5.92. The maximum Gasteiger partial charge on any atom is 0.386 e. The summed E-state index contributed by atoms with van der Waals surface area (Å²) in [6, 6.07) is 16.4. The van der Waals surface area contributed by atoms with Gasteiger partial charge in [-0.1, -0.05) is 34.9 Å². The molecule has 3 rings (SSSR count). The minimum Gasteiger partial charge on any atom is -0.507 e. The van der Waals surface area contributed by atoms with Gasteiger partial charge in [-0.25, -0.2) is 9.68 Å². The fraction of sp³-hybridized carbons (Fsp3) is 0.0952. The smallest absolute Gasteiger partial charge is 0.386 e. The van der Waals surface area contributed by atoms with Gasteiger partial charge in [-0.3, -0.25) is 4.89 Å². The Balaban J connectivity index is 1.79. The number of phenols is 1. The van der Waals surface area contributed by atoms with Crippen molar-refractivity contribution in [2.75, 3.05) is 0 Å². The first-order valence-corrected chi connectivity index (χ1v) is 11.1. The zero-order chi connectivity index (χ0) is 21.9. The summed E-state index contributed by atoms with van der Waals surface area (Å²) in [6.45, 7) is 1.42. The van der Waals surface area contributed by atoms with Crippen LogP contribution in [0.25, 0.3) is 11.1 Å². The van der Waals surface area contributed by atoms with Gasteiger partial charge in [-0.15, -0.1) is 0 Å². The van der Waals surface area contributed by atoms with Crippen molar-refractivity contribution in [3.63, 3.8) is 0 Å². The third-order valence-corrected chi connectivity index (χ3v) is 6.14. The lowest BCUT2D eigenvalue weighted by molar-refractivity contribution is -0.150. The summed E-state index contributed by atoms with van der Waals surface area (Å²) < 4.78 is 12.0. The molecule has 0 aliphatic carbocycles. The van der Waals surface area contributed by atoms with Gasteiger partial charge in [0.1, 0.15) is 5.75 Å². The molecule has 0 fully saturated rings. The first kappa shape index (κ1) is 22.4. The van der Waals surface area contributed by atoms with Crippen LogP contribution in [0.1, 0.15) is 22.8 Å². The molecule has 0 spiro atoms. The molecule has 3 aromatic rings. The van der Waals surface area contributed by atoms with Crippen molar-refractivity contribution in [1.29, 1.82) is 0 Å². The second kappa shape index (κ2) is 9.27. The Morgan fingerprint density at radius 1 is 1.03 bits per heavy atom. The maximum atomic E-state index is 12.5. The average Bonchev–Trinajstić information content (AvgIpc) is 2.73. The lowest BCUT2D eigenvalue weighted by atomic mass is 10.0. The highest BCUT2D eigenvalue weighted by molar-refractivity contribution is 9.11. The molecule has 154 valence electrons. The van der Waals surface area contributed by atoms with E-state index in [2.05, 4.69) is 31.9 Å². The SMILES string of the molecule is CC(O)([PH+]=O)c1cc(Br)c(OOC(=O)c2cccc(-c3ccccc3O)c2)c(Br)c1. The Morgan fingerprint density at radius 2 is 1.70 bits per heavy atom. The first-order chi connectivity index (χ1) is 14.2. The number of benzene rings is 3. The van der Waals surface area contributed by atoms with Crippen LogP contribution in [-0.2, 0) is 14.8 Å². The van der Waals surface area contributed by atoms with E-state index < -0.39 is 19.8 Å². The quantitative estimate of drug-likeness (QED) is 0.223. The van der Waals surface area contributed by atoms with E-state index >= 15 is 0 Å². The Kier molecular flexibility index (Phi) is 6.93. The van der Waals surface area contributed by atoms with Crippen LogP contribution in [0.15, 0.2) is 69.6 Å². The molecular formula is C21H16Br2O6P+. The Bertz CT molecular complexity index is 1090. The molecule has 3 aromatic carbocycles. The molecule has 30 heavy (non-hydrogen) atoms. The lowest BCUT2D eigenvalue weighted by Gasteiger charge is -2.13. The van der Waals surface area contributed by atoms with Crippen LogP contribution in [-0.4, -0.2) is 16.2 Å². The lowest BCUT2D eigenvalue weighted by Crippen LogP contribution is -2.13. The number of rotatable bonds is 6. The van der Waals surface area contributed by atoms with Crippen LogP contribution in [0.4, 0.5) is 0 Å². The van der Waals surface area contributed by atoms with Gasteiger partial charge >= 0.3 is 14.4 Å². The molecule has 0 aromatic heterocycles. The number of aromatic hydroxyl groups is 1. The summed E-state index contributed by atoms with van der Waals surface area (Å²) in [7, 11) is -0.965. The van der Waals surface area contributed by atoms with Crippen molar-refractivity contribution in [1.82, 2.24) is 0 Å². The topological polar surface area (TPSA) is 93.1 Å². The monoisotopic (exact) mass is 553 g/mol. The third-order valence-electron chi connectivity index (χ3n) is 4.27. The molecule has 0 amide bonds. The molecule has 0 aliphatic rings. The molecule has 0 heterocycles. The molecule has 2 N–H and O–H groups in total. The molecule has 0 radical (unpaired) electrons. The molecule has 0 saturated heterocycles. The fourth-order valence-electron chi connectivity index (χ4n) is 2.64. The highest BCUT2D eigenvalue weighted by atomic mass is 79.9. The second-order valence-electron chi connectivity index (χ2n) is 6.50. The maximum absolute atomic E-state index is 12.5. The minimum absolute atomic E-state index is 0.0989. The van der Waals surface area contributed by atoms with Gasteiger partial charge in [-0.05, 0) is 67.8 Å². The number of halogens is 2. The van der Waals surface area contributed by atoms with Crippen LogP contribution in [0.5, 0.6) is 11.5 Å². The number of hydrogen-bond donors (Lipinski definition) is 2. The zero-order valence-corrected chi connectivity index (χ0v) is 19.7. The molecule has 0 bridgehead atoms. The molecule has 0 saturated carbocycles. The van der Waals surface area contributed by atoms with Gasteiger partial charge in [0, 0.05) is 18.1 Å². The molecule has 9 heteroatoms. The summed E-state index contributed by atoms with van der Waals surface area (Å²) in [5.41, 5.74) is 1.86. The van der Waals surface area contributed by atoms with E-state index in [0.29, 0.717) is 25.6 Å². The van der Waals surface area contributed by atoms with Crippen LogP contribution >= 0.6 is 40.3 Å². The first-order valence-electron chi connectivity index (χ1n) is 8.61. The van der Waals surface area contributed by atoms with E-state index in [0.717, 1.165) is 0 Å². The van der Waals surface area contributed by atoms with Gasteiger partial charge in [0.15, 0.2) is 0 Å². The van der Waals surface area contributed by atoms with Gasteiger partial charge < -0.3 is 10.2 Å². The number of aliphatic hydroxyl groups is 1. The van der Waals surface area contributed by atoms with Gasteiger partial charge in [0.25, 0.3) is 5.34 Å². The summed E-state index contributed by atoms with van der Waals surface area (Å²) in [4.78, 5) is 22.6. The van der Waals surface area contributed by atoms with Gasteiger partial charge in [-0.2, -0.15) is 0 Å². The molecular weight excluding hydrogens is 539 g/mol. The molecule has 2 atom stereocenters. The summed E-state index contributed by atoms with van der Waals surface area (Å²) in [6.07, 6.45) is 0. The van der Waals surface area contributed by atoms with Crippen LogP contribution in [0.3, 0.4) is 0 Å². The van der Waals surface area contributed by atoms with E-state index in [1.807, 2.05) is 0 Å². The fourth-order valence-corrected chi connectivity index (χ4v) is 4.22.